The van der Waals surface area contributed by atoms with Crippen molar-refractivity contribution in [2.45, 2.75) is 38.1 Å². The van der Waals surface area contributed by atoms with Gasteiger partial charge in [0.1, 0.15) is 12.4 Å². The van der Waals surface area contributed by atoms with E-state index in [4.69, 9.17) is 15.7 Å². The Bertz CT molecular complexity index is 447. The maximum atomic E-state index is 8.58. The van der Waals surface area contributed by atoms with E-state index in [1.54, 1.807) is 12.1 Å². The molecule has 0 aromatic heterocycles. The summed E-state index contributed by atoms with van der Waals surface area (Å²) in [5.41, 5.74) is 6.54. The Morgan fingerprint density at radius 2 is 2.10 bits per heavy atom. The lowest BCUT2D eigenvalue weighted by Crippen LogP contribution is -2.51. The van der Waals surface area contributed by atoms with Crippen LogP contribution in [0.3, 0.4) is 0 Å². The molecule has 1 saturated carbocycles. The standard InChI is InChI=1S/C15H23N3O2/c1-2-15(8-3-9-15)17-10-11-20-13-6-4-12(5-7-13)14(16)18-19/h4-7,17,19H,2-3,8-11H2,1H3,(H2,16,18). The summed E-state index contributed by atoms with van der Waals surface area (Å²) in [5.74, 6) is 0.897. The van der Waals surface area contributed by atoms with Crippen molar-refractivity contribution < 1.29 is 9.94 Å². The number of hydrogen-bond donors (Lipinski definition) is 3. The molecule has 0 radical (unpaired) electrons. The van der Waals surface area contributed by atoms with Crippen LogP contribution in [-0.2, 0) is 0 Å². The second-order valence-corrected chi connectivity index (χ2v) is 5.27. The molecule has 0 bridgehead atoms. The van der Waals surface area contributed by atoms with Crippen LogP contribution in [-0.4, -0.2) is 29.7 Å². The highest BCUT2D eigenvalue weighted by molar-refractivity contribution is 5.97. The molecule has 0 atom stereocenters. The minimum Gasteiger partial charge on any atom is -0.492 e. The van der Waals surface area contributed by atoms with Crippen LogP contribution in [0.1, 0.15) is 38.2 Å². The van der Waals surface area contributed by atoms with E-state index in [0.717, 1.165) is 12.3 Å². The van der Waals surface area contributed by atoms with Gasteiger partial charge in [0, 0.05) is 17.6 Å². The Kier molecular flexibility index (Phi) is 4.84. The normalized spacial score (nSPS) is 17.6. The number of nitrogens with one attached hydrogen (secondary N) is 1. The Hall–Kier alpha value is -1.75. The Labute approximate surface area is 119 Å². The van der Waals surface area contributed by atoms with Gasteiger partial charge in [0.05, 0.1) is 0 Å². The molecule has 2 rings (SSSR count). The van der Waals surface area contributed by atoms with Gasteiger partial charge in [-0.2, -0.15) is 0 Å². The van der Waals surface area contributed by atoms with Crippen molar-refractivity contribution >= 4 is 5.84 Å². The zero-order chi connectivity index (χ0) is 14.4. The van der Waals surface area contributed by atoms with Gasteiger partial charge in [-0.1, -0.05) is 12.1 Å². The van der Waals surface area contributed by atoms with E-state index in [9.17, 15) is 0 Å². The topological polar surface area (TPSA) is 79.9 Å². The molecular formula is C15H23N3O2. The third kappa shape index (κ3) is 3.42. The third-order valence-electron chi connectivity index (χ3n) is 4.12. The summed E-state index contributed by atoms with van der Waals surface area (Å²) in [6, 6.07) is 7.20. The molecule has 1 aromatic carbocycles. The van der Waals surface area contributed by atoms with E-state index in [1.165, 1.54) is 25.7 Å². The van der Waals surface area contributed by atoms with E-state index in [1.807, 2.05) is 12.1 Å². The summed E-state index contributed by atoms with van der Waals surface area (Å²) in [7, 11) is 0. The summed E-state index contributed by atoms with van der Waals surface area (Å²) in [5, 5.41) is 15.1. The molecule has 5 heteroatoms. The SMILES string of the molecule is CCC1(NCCOc2ccc(/C(N)=N/O)cc2)CCC1. The lowest BCUT2D eigenvalue weighted by atomic mass is 9.75. The van der Waals surface area contributed by atoms with Gasteiger partial charge in [0.15, 0.2) is 5.84 Å². The van der Waals surface area contributed by atoms with Gasteiger partial charge in [0.2, 0.25) is 0 Å². The summed E-state index contributed by atoms with van der Waals surface area (Å²) < 4.78 is 5.68. The number of rotatable bonds is 7. The minimum atomic E-state index is 0.105. The fraction of sp³-hybridized carbons (Fsp3) is 0.533. The van der Waals surface area contributed by atoms with Crippen LogP contribution in [0, 0.1) is 0 Å². The first-order valence-corrected chi connectivity index (χ1v) is 7.15. The zero-order valence-corrected chi connectivity index (χ0v) is 11.9. The molecule has 1 aliphatic carbocycles. The number of ether oxygens (including phenoxy) is 1. The van der Waals surface area contributed by atoms with Crippen molar-refractivity contribution in [1.82, 2.24) is 5.32 Å². The molecule has 0 spiro atoms. The molecule has 0 unspecified atom stereocenters. The molecule has 0 saturated heterocycles. The van der Waals surface area contributed by atoms with E-state index >= 15 is 0 Å². The Balaban J connectivity index is 1.74. The van der Waals surface area contributed by atoms with E-state index in [2.05, 4.69) is 17.4 Å². The fourth-order valence-corrected chi connectivity index (χ4v) is 2.52. The molecule has 0 amide bonds. The van der Waals surface area contributed by atoms with Crippen LogP contribution in [0.25, 0.3) is 0 Å². The van der Waals surface area contributed by atoms with Gasteiger partial charge in [-0.25, -0.2) is 0 Å². The fourth-order valence-electron chi connectivity index (χ4n) is 2.52. The largest absolute Gasteiger partial charge is 0.492 e. The summed E-state index contributed by atoms with van der Waals surface area (Å²) in [4.78, 5) is 0. The summed E-state index contributed by atoms with van der Waals surface area (Å²) >= 11 is 0. The number of oxime groups is 1. The van der Waals surface area contributed by atoms with E-state index in [-0.39, 0.29) is 5.84 Å². The molecule has 1 aliphatic rings. The highest BCUT2D eigenvalue weighted by atomic mass is 16.5. The third-order valence-corrected chi connectivity index (χ3v) is 4.12. The van der Waals surface area contributed by atoms with Crippen LogP contribution in [0.2, 0.25) is 0 Å². The molecule has 5 nitrogen and oxygen atoms in total. The van der Waals surface area contributed by atoms with Crippen LogP contribution in [0.4, 0.5) is 0 Å². The van der Waals surface area contributed by atoms with Gasteiger partial charge >= 0.3 is 0 Å². The summed E-state index contributed by atoms with van der Waals surface area (Å²) in [6.07, 6.45) is 5.06. The first-order chi connectivity index (χ1) is 9.69. The highest BCUT2D eigenvalue weighted by Gasteiger charge is 2.33. The average molecular weight is 277 g/mol. The zero-order valence-electron chi connectivity index (χ0n) is 11.9. The van der Waals surface area contributed by atoms with Gasteiger partial charge in [-0.15, -0.1) is 0 Å². The number of benzene rings is 1. The lowest BCUT2D eigenvalue weighted by Gasteiger charge is -2.42. The predicted molar refractivity (Wildman–Crippen MR) is 79.3 cm³/mol. The Morgan fingerprint density at radius 1 is 1.40 bits per heavy atom. The van der Waals surface area contributed by atoms with Crippen molar-refractivity contribution in [2.75, 3.05) is 13.2 Å². The average Bonchev–Trinajstić information content (AvgIpc) is 2.45. The van der Waals surface area contributed by atoms with Crippen molar-refractivity contribution in [3.8, 4) is 5.75 Å². The van der Waals surface area contributed by atoms with Crippen molar-refractivity contribution in [2.24, 2.45) is 10.9 Å². The molecular weight excluding hydrogens is 254 g/mol. The number of amidine groups is 1. The predicted octanol–water partition coefficient (Wildman–Crippen LogP) is 2.08. The maximum absolute atomic E-state index is 8.58. The molecule has 1 aromatic rings. The first-order valence-electron chi connectivity index (χ1n) is 7.15. The number of hydrogen-bond acceptors (Lipinski definition) is 4. The lowest BCUT2D eigenvalue weighted by molar-refractivity contribution is 0.165. The van der Waals surface area contributed by atoms with E-state index in [0.29, 0.717) is 17.7 Å². The van der Waals surface area contributed by atoms with Crippen molar-refractivity contribution in [3.05, 3.63) is 29.8 Å². The first kappa shape index (κ1) is 14.7. The van der Waals surface area contributed by atoms with Gasteiger partial charge in [0.25, 0.3) is 0 Å². The minimum absolute atomic E-state index is 0.105. The van der Waals surface area contributed by atoms with Gasteiger partial charge < -0.3 is 21.0 Å². The second-order valence-electron chi connectivity index (χ2n) is 5.27. The molecule has 20 heavy (non-hydrogen) atoms. The summed E-state index contributed by atoms with van der Waals surface area (Å²) in [6.45, 7) is 3.74. The quantitative estimate of drug-likeness (QED) is 0.234. The van der Waals surface area contributed by atoms with Crippen LogP contribution >= 0.6 is 0 Å². The van der Waals surface area contributed by atoms with Crippen LogP contribution < -0.4 is 15.8 Å². The molecule has 4 N–H and O–H groups in total. The monoisotopic (exact) mass is 277 g/mol. The second kappa shape index (κ2) is 6.61. The maximum Gasteiger partial charge on any atom is 0.170 e. The molecule has 0 aliphatic heterocycles. The highest BCUT2D eigenvalue weighted by Crippen LogP contribution is 2.34. The Morgan fingerprint density at radius 3 is 2.60 bits per heavy atom. The smallest absolute Gasteiger partial charge is 0.170 e. The number of nitrogens with zero attached hydrogens (tertiary/aromatic N) is 1. The molecule has 110 valence electrons. The number of nitrogens with two attached hydrogens (primary N) is 1. The van der Waals surface area contributed by atoms with Crippen molar-refractivity contribution in [1.29, 1.82) is 0 Å². The van der Waals surface area contributed by atoms with Crippen molar-refractivity contribution in [3.63, 3.8) is 0 Å². The van der Waals surface area contributed by atoms with Gasteiger partial charge in [-0.05, 0) is 49.9 Å². The van der Waals surface area contributed by atoms with Crippen LogP contribution in [0.15, 0.2) is 29.4 Å². The van der Waals surface area contributed by atoms with E-state index < -0.39 is 0 Å². The molecule has 0 heterocycles. The molecule has 1 fully saturated rings. The van der Waals surface area contributed by atoms with Crippen LogP contribution in [0.5, 0.6) is 5.75 Å². The van der Waals surface area contributed by atoms with Gasteiger partial charge in [-0.3, -0.25) is 0 Å².